The van der Waals surface area contributed by atoms with E-state index in [0.717, 1.165) is 19.5 Å². The molecule has 5 nitrogen and oxygen atoms in total. The highest BCUT2D eigenvalue weighted by Gasteiger charge is 2.28. The fourth-order valence-corrected chi connectivity index (χ4v) is 3.06. The number of aromatic nitrogens is 1. The molecule has 1 aromatic heterocycles. The Labute approximate surface area is 135 Å². The lowest BCUT2D eigenvalue weighted by Gasteiger charge is -2.24. The van der Waals surface area contributed by atoms with Crippen LogP contribution in [-0.2, 0) is 0 Å². The zero-order valence-electron chi connectivity index (χ0n) is 13.2. The molecule has 0 unspecified atom stereocenters. The van der Waals surface area contributed by atoms with E-state index < -0.39 is 0 Å². The van der Waals surface area contributed by atoms with Gasteiger partial charge in [0.15, 0.2) is 0 Å². The number of nitrogens with one attached hydrogen (secondary N) is 2. The first-order valence-electron chi connectivity index (χ1n) is 7.92. The molecule has 0 spiro atoms. The minimum absolute atomic E-state index is 0.0771. The molecule has 2 heterocycles. The van der Waals surface area contributed by atoms with Gasteiger partial charge in [-0.05, 0) is 31.0 Å². The van der Waals surface area contributed by atoms with Crippen molar-refractivity contribution in [3.63, 3.8) is 0 Å². The van der Waals surface area contributed by atoms with Gasteiger partial charge >= 0.3 is 0 Å². The number of carbonyl (C=O) groups excluding carboxylic acids is 1. The lowest BCUT2D eigenvalue weighted by molar-refractivity contribution is 0.0935. The van der Waals surface area contributed by atoms with Gasteiger partial charge in [-0.15, -0.1) is 0 Å². The summed E-state index contributed by atoms with van der Waals surface area (Å²) < 4.78 is 0. The van der Waals surface area contributed by atoms with Gasteiger partial charge in [0.25, 0.3) is 11.5 Å². The lowest BCUT2D eigenvalue weighted by Crippen LogP contribution is -2.39. The van der Waals surface area contributed by atoms with Crippen molar-refractivity contribution in [2.24, 2.45) is 0 Å². The number of amides is 1. The second-order valence-electron chi connectivity index (χ2n) is 5.95. The van der Waals surface area contributed by atoms with Crippen LogP contribution in [0.3, 0.4) is 0 Å². The zero-order valence-corrected chi connectivity index (χ0v) is 13.2. The molecule has 2 aromatic rings. The number of aromatic amines is 1. The van der Waals surface area contributed by atoms with E-state index in [0.29, 0.717) is 6.04 Å². The number of H-pyrrole nitrogens is 1. The van der Waals surface area contributed by atoms with E-state index in [9.17, 15) is 9.59 Å². The third kappa shape index (κ3) is 3.51. The first kappa shape index (κ1) is 15.5. The van der Waals surface area contributed by atoms with E-state index >= 15 is 0 Å². The quantitative estimate of drug-likeness (QED) is 0.907. The number of benzene rings is 1. The molecule has 1 saturated heterocycles. The summed E-state index contributed by atoms with van der Waals surface area (Å²) in [5.41, 5.74) is 1.10. The van der Waals surface area contributed by atoms with E-state index in [1.165, 1.54) is 11.8 Å². The van der Waals surface area contributed by atoms with Gasteiger partial charge in [-0.3, -0.25) is 14.5 Å². The molecule has 120 valence electrons. The largest absolute Gasteiger partial charge is 0.348 e. The van der Waals surface area contributed by atoms with Gasteiger partial charge in [-0.1, -0.05) is 30.3 Å². The summed E-state index contributed by atoms with van der Waals surface area (Å²) in [6.45, 7) is 3.92. The highest BCUT2D eigenvalue weighted by atomic mass is 16.2. The van der Waals surface area contributed by atoms with Crippen molar-refractivity contribution in [2.45, 2.75) is 25.4 Å². The van der Waals surface area contributed by atoms with Crippen molar-refractivity contribution in [2.75, 3.05) is 13.1 Å². The Hall–Kier alpha value is -2.40. The Kier molecular flexibility index (Phi) is 4.57. The zero-order chi connectivity index (χ0) is 16.2. The first-order chi connectivity index (χ1) is 11.1. The molecule has 1 aromatic carbocycles. The maximum Gasteiger partial charge on any atom is 0.260 e. The van der Waals surface area contributed by atoms with Gasteiger partial charge in [0, 0.05) is 31.4 Å². The minimum Gasteiger partial charge on any atom is -0.348 e. The predicted octanol–water partition coefficient (Wildman–Crippen LogP) is 1.94. The number of pyridine rings is 1. The summed E-state index contributed by atoms with van der Waals surface area (Å²) in [7, 11) is 0. The monoisotopic (exact) mass is 311 g/mol. The van der Waals surface area contributed by atoms with Gasteiger partial charge < -0.3 is 10.3 Å². The minimum atomic E-state index is -0.350. The molecule has 23 heavy (non-hydrogen) atoms. The molecule has 0 radical (unpaired) electrons. The van der Waals surface area contributed by atoms with E-state index in [-0.39, 0.29) is 23.1 Å². The summed E-state index contributed by atoms with van der Waals surface area (Å²) in [6.07, 6.45) is 2.42. The molecule has 0 bridgehead atoms. The molecule has 2 N–H and O–H groups in total. The number of hydrogen-bond acceptors (Lipinski definition) is 3. The van der Waals surface area contributed by atoms with Crippen LogP contribution in [0.5, 0.6) is 0 Å². The molecule has 1 amide bonds. The summed E-state index contributed by atoms with van der Waals surface area (Å²) in [5.74, 6) is -0.300. The van der Waals surface area contributed by atoms with Crippen molar-refractivity contribution in [1.82, 2.24) is 15.2 Å². The van der Waals surface area contributed by atoms with Crippen molar-refractivity contribution in [3.05, 3.63) is 70.1 Å². The summed E-state index contributed by atoms with van der Waals surface area (Å²) >= 11 is 0. The number of rotatable bonds is 4. The van der Waals surface area contributed by atoms with Gasteiger partial charge in [-0.2, -0.15) is 0 Å². The molecule has 5 heteroatoms. The van der Waals surface area contributed by atoms with Crippen molar-refractivity contribution in [3.8, 4) is 0 Å². The van der Waals surface area contributed by atoms with E-state index in [1.807, 2.05) is 18.2 Å². The van der Waals surface area contributed by atoms with Gasteiger partial charge in [0.05, 0.1) is 0 Å². The van der Waals surface area contributed by atoms with Gasteiger partial charge in [-0.25, -0.2) is 0 Å². The number of likely N-dealkylation sites (tertiary alicyclic amines) is 1. The molecular weight excluding hydrogens is 290 g/mol. The Morgan fingerprint density at radius 1 is 1.26 bits per heavy atom. The average molecular weight is 311 g/mol. The van der Waals surface area contributed by atoms with Crippen LogP contribution in [0, 0.1) is 0 Å². The Morgan fingerprint density at radius 2 is 2.04 bits per heavy atom. The maximum atomic E-state index is 12.2. The SMILES string of the molecule is C[C@H](c1ccccc1)N1CC[C@@H](NC(=O)c2ccc[nH]c2=O)C1. The smallest absolute Gasteiger partial charge is 0.260 e. The summed E-state index contributed by atoms with van der Waals surface area (Å²) in [6, 6.07) is 14.0. The summed E-state index contributed by atoms with van der Waals surface area (Å²) in [5, 5.41) is 2.97. The van der Waals surface area contributed by atoms with Crippen molar-refractivity contribution < 1.29 is 4.79 Å². The molecule has 1 aliphatic heterocycles. The topological polar surface area (TPSA) is 65.2 Å². The van der Waals surface area contributed by atoms with Gasteiger partial charge in [0.1, 0.15) is 5.56 Å². The highest BCUT2D eigenvalue weighted by Crippen LogP contribution is 2.24. The van der Waals surface area contributed by atoms with Crippen LogP contribution in [0.25, 0.3) is 0 Å². The van der Waals surface area contributed by atoms with Crippen LogP contribution in [0.15, 0.2) is 53.5 Å². The standard InChI is InChI=1S/C18H21N3O2/c1-13(14-6-3-2-4-7-14)21-11-9-15(12-21)20-18(23)16-8-5-10-19-17(16)22/h2-8,10,13,15H,9,11-12H2,1H3,(H,19,22)(H,20,23)/t13-,15-/m1/s1. The third-order valence-corrected chi connectivity index (χ3v) is 4.45. The second-order valence-corrected chi connectivity index (χ2v) is 5.95. The number of carbonyl (C=O) groups is 1. The maximum absolute atomic E-state index is 12.2. The molecule has 2 atom stereocenters. The van der Waals surface area contributed by atoms with Crippen LogP contribution in [0.1, 0.15) is 35.3 Å². The molecule has 1 fully saturated rings. The highest BCUT2D eigenvalue weighted by molar-refractivity contribution is 5.93. The van der Waals surface area contributed by atoms with Crippen LogP contribution < -0.4 is 10.9 Å². The van der Waals surface area contributed by atoms with E-state index in [1.54, 1.807) is 12.1 Å². The Bertz CT molecular complexity index is 726. The third-order valence-electron chi connectivity index (χ3n) is 4.45. The van der Waals surface area contributed by atoms with Crippen molar-refractivity contribution >= 4 is 5.91 Å². The summed E-state index contributed by atoms with van der Waals surface area (Å²) in [4.78, 5) is 28.8. The normalized spacial score (nSPS) is 19.4. The van der Waals surface area contributed by atoms with Gasteiger partial charge in [0.2, 0.25) is 0 Å². The fraction of sp³-hybridized carbons (Fsp3) is 0.333. The van der Waals surface area contributed by atoms with Crippen LogP contribution in [0.4, 0.5) is 0 Å². The Balaban J connectivity index is 1.61. The molecule has 0 saturated carbocycles. The Morgan fingerprint density at radius 3 is 2.78 bits per heavy atom. The molecule has 0 aliphatic carbocycles. The average Bonchev–Trinajstić information content (AvgIpc) is 3.03. The molecular formula is C18H21N3O2. The van der Waals surface area contributed by atoms with E-state index in [4.69, 9.17) is 0 Å². The lowest BCUT2D eigenvalue weighted by atomic mass is 10.1. The van der Waals surface area contributed by atoms with E-state index in [2.05, 4.69) is 34.3 Å². The van der Waals surface area contributed by atoms with Crippen LogP contribution >= 0.6 is 0 Å². The number of hydrogen-bond donors (Lipinski definition) is 2. The first-order valence-corrected chi connectivity index (χ1v) is 7.92. The van der Waals surface area contributed by atoms with Crippen molar-refractivity contribution in [1.29, 1.82) is 0 Å². The predicted molar refractivity (Wildman–Crippen MR) is 89.4 cm³/mol. The molecule has 1 aliphatic rings. The van der Waals surface area contributed by atoms with Crippen LogP contribution in [0.2, 0.25) is 0 Å². The molecule has 3 rings (SSSR count). The van der Waals surface area contributed by atoms with Crippen LogP contribution in [-0.4, -0.2) is 34.9 Å². The fourth-order valence-electron chi connectivity index (χ4n) is 3.06. The second kappa shape index (κ2) is 6.79. The number of nitrogens with zero attached hydrogens (tertiary/aromatic N) is 1.